The van der Waals surface area contributed by atoms with Crippen LogP contribution >= 0.6 is 0 Å². The predicted octanol–water partition coefficient (Wildman–Crippen LogP) is -0.465. The number of amides is 1. The molecule has 1 aromatic rings. The summed E-state index contributed by atoms with van der Waals surface area (Å²) in [4.78, 5) is 22.4. The third-order valence-corrected chi connectivity index (χ3v) is 1.91. The minimum Gasteiger partial charge on any atom is -0.464 e. The van der Waals surface area contributed by atoms with Crippen molar-refractivity contribution >= 4 is 17.6 Å². The zero-order valence-electron chi connectivity index (χ0n) is 9.68. The molecule has 0 fully saturated rings. The van der Waals surface area contributed by atoms with Crippen molar-refractivity contribution in [1.29, 1.82) is 0 Å². The summed E-state index contributed by atoms with van der Waals surface area (Å²) >= 11 is 0. The van der Waals surface area contributed by atoms with Crippen molar-refractivity contribution in [2.45, 2.75) is 19.9 Å². The Morgan fingerprint density at radius 2 is 2.35 bits per heavy atom. The number of carbonyl (C=O) groups is 2. The minimum atomic E-state index is -0.447. The fourth-order valence-corrected chi connectivity index (χ4v) is 1.19. The van der Waals surface area contributed by atoms with E-state index < -0.39 is 5.97 Å². The van der Waals surface area contributed by atoms with E-state index >= 15 is 0 Å². The number of nitrogens with one attached hydrogen (secondary N) is 1. The van der Waals surface area contributed by atoms with E-state index in [1.165, 1.54) is 17.1 Å². The van der Waals surface area contributed by atoms with Crippen LogP contribution in [0, 0.1) is 0 Å². The molecule has 0 aliphatic heterocycles. The first-order chi connectivity index (χ1) is 8.11. The minimum absolute atomic E-state index is 0.00734. The lowest BCUT2D eigenvalue weighted by atomic mass is 10.4. The van der Waals surface area contributed by atoms with Gasteiger partial charge in [-0.1, -0.05) is 0 Å². The van der Waals surface area contributed by atoms with E-state index in [0.717, 1.165) is 0 Å². The van der Waals surface area contributed by atoms with Crippen LogP contribution in [0.2, 0.25) is 0 Å². The summed E-state index contributed by atoms with van der Waals surface area (Å²) in [7, 11) is 0. The number of nitrogen functional groups attached to an aromatic ring is 1. The topological polar surface area (TPSA) is 99.2 Å². The number of carbonyl (C=O) groups excluding carboxylic acids is 2. The average molecular weight is 240 g/mol. The molecule has 0 aliphatic carbocycles. The SMILES string of the molecule is CCNC(=O)CCOC(=O)Cn1cc(N)cn1. The fraction of sp³-hybridized carbons (Fsp3) is 0.500. The van der Waals surface area contributed by atoms with Crippen LogP contribution in [0.4, 0.5) is 5.69 Å². The zero-order chi connectivity index (χ0) is 12.7. The molecule has 0 aliphatic rings. The van der Waals surface area contributed by atoms with Gasteiger partial charge in [0.1, 0.15) is 13.2 Å². The van der Waals surface area contributed by atoms with Gasteiger partial charge in [-0.2, -0.15) is 5.10 Å². The van der Waals surface area contributed by atoms with Crippen molar-refractivity contribution in [3.63, 3.8) is 0 Å². The summed E-state index contributed by atoms with van der Waals surface area (Å²) in [6, 6.07) is 0. The number of hydrogen-bond donors (Lipinski definition) is 2. The quantitative estimate of drug-likeness (QED) is 0.655. The van der Waals surface area contributed by atoms with Crippen molar-refractivity contribution in [2.75, 3.05) is 18.9 Å². The first kappa shape index (κ1) is 13.0. The van der Waals surface area contributed by atoms with Gasteiger partial charge in [0, 0.05) is 12.7 Å². The number of hydrogen-bond acceptors (Lipinski definition) is 5. The number of anilines is 1. The van der Waals surface area contributed by atoms with Crippen molar-refractivity contribution in [3.8, 4) is 0 Å². The lowest BCUT2D eigenvalue weighted by molar-refractivity contribution is -0.145. The van der Waals surface area contributed by atoms with Gasteiger partial charge in [-0.15, -0.1) is 0 Å². The number of nitrogens with two attached hydrogens (primary N) is 1. The molecule has 17 heavy (non-hydrogen) atoms. The van der Waals surface area contributed by atoms with Gasteiger partial charge in [0.15, 0.2) is 0 Å². The monoisotopic (exact) mass is 240 g/mol. The number of esters is 1. The maximum atomic E-state index is 11.3. The second-order valence-corrected chi connectivity index (χ2v) is 3.40. The fourth-order valence-electron chi connectivity index (χ4n) is 1.19. The Kier molecular flexibility index (Phi) is 4.99. The molecule has 1 rings (SSSR count). The Morgan fingerprint density at radius 3 is 2.94 bits per heavy atom. The second-order valence-electron chi connectivity index (χ2n) is 3.40. The molecule has 0 atom stereocenters. The van der Waals surface area contributed by atoms with Crippen molar-refractivity contribution in [3.05, 3.63) is 12.4 Å². The van der Waals surface area contributed by atoms with Crippen LogP contribution in [0.5, 0.6) is 0 Å². The molecule has 1 amide bonds. The van der Waals surface area contributed by atoms with Crippen LogP contribution in [0.15, 0.2) is 12.4 Å². The van der Waals surface area contributed by atoms with Crippen LogP contribution in [0.3, 0.4) is 0 Å². The van der Waals surface area contributed by atoms with Gasteiger partial charge in [-0.05, 0) is 6.92 Å². The van der Waals surface area contributed by atoms with Crippen LogP contribution in [0.1, 0.15) is 13.3 Å². The molecule has 1 heterocycles. The first-order valence-corrected chi connectivity index (χ1v) is 5.32. The van der Waals surface area contributed by atoms with Gasteiger partial charge in [0.05, 0.1) is 18.3 Å². The second kappa shape index (κ2) is 6.51. The Labute approximate surface area is 98.9 Å². The smallest absolute Gasteiger partial charge is 0.327 e. The lowest BCUT2D eigenvalue weighted by Gasteiger charge is -2.05. The summed E-state index contributed by atoms with van der Waals surface area (Å²) in [5.41, 5.74) is 5.93. The molecule has 0 radical (unpaired) electrons. The largest absolute Gasteiger partial charge is 0.464 e. The lowest BCUT2D eigenvalue weighted by Crippen LogP contribution is -2.25. The highest BCUT2D eigenvalue weighted by atomic mass is 16.5. The van der Waals surface area contributed by atoms with E-state index in [0.29, 0.717) is 12.2 Å². The van der Waals surface area contributed by atoms with E-state index in [2.05, 4.69) is 10.4 Å². The summed E-state index contributed by atoms with van der Waals surface area (Å²) in [6.07, 6.45) is 3.15. The summed E-state index contributed by atoms with van der Waals surface area (Å²) in [5, 5.41) is 6.45. The standard InChI is InChI=1S/C10H16N4O3/c1-2-12-9(15)3-4-17-10(16)7-14-6-8(11)5-13-14/h5-6H,2-4,7,11H2,1H3,(H,12,15). The molecule has 7 nitrogen and oxygen atoms in total. The molecule has 0 aromatic carbocycles. The van der Waals surface area contributed by atoms with E-state index in [1.807, 2.05) is 6.92 Å². The molecule has 94 valence electrons. The van der Waals surface area contributed by atoms with E-state index in [4.69, 9.17) is 10.5 Å². The maximum Gasteiger partial charge on any atom is 0.327 e. The third-order valence-electron chi connectivity index (χ3n) is 1.91. The van der Waals surface area contributed by atoms with Crippen LogP contribution in [0.25, 0.3) is 0 Å². The van der Waals surface area contributed by atoms with Gasteiger partial charge in [-0.3, -0.25) is 14.3 Å². The van der Waals surface area contributed by atoms with Crippen LogP contribution in [-0.2, 0) is 20.9 Å². The van der Waals surface area contributed by atoms with Crippen molar-refractivity contribution < 1.29 is 14.3 Å². The van der Waals surface area contributed by atoms with E-state index in [9.17, 15) is 9.59 Å². The molecule has 1 aromatic heterocycles. The summed E-state index contributed by atoms with van der Waals surface area (Å²) in [5.74, 6) is -0.582. The number of nitrogens with zero attached hydrogens (tertiary/aromatic N) is 2. The Balaban J connectivity index is 2.19. The average Bonchev–Trinajstić information content (AvgIpc) is 2.64. The number of rotatable bonds is 6. The highest BCUT2D eigenvalue weighted by Crippen LogP contribution is 1.98. The molecule has 0 saturated heterocycles. The highest BCUT2D eigenvalue weighted by molar-refractivity contribution is 5.76. The molecular weight excluding hydrogens is 224 g/mol. The van der Waals surface area contributed by atoms with Crippen LogP contribution < -0.4 is 11.1 Å². The van der Waals surface area contributed by atoms with Gasteiger partial charge in [0.25, 0.3) is 0 Å². The maximum absolute atomic E-state index is 11.3. The zero-order valence-corrected chi connectivity index (χ0v) is 9.68. The summed E-state index contributed by atoms with van der Waals surface area (Å²) in [6.45, 7) is 2.46. The van der Waals surface area contributed by atoms with Crippen LogP contribution in [-0.4, -0.2) is 34.8 Å². The first-order valence-electron chi connectivity index (χ1n) is 5.32. The Morgan fingerprint density at radius 1 is 1.59 bits per heavy atom. The summed E-state index contributed by atoms with van der Waals surface area (Å²) < 4.78 is 6.25. The molecular formula is C10H16N4O3. The van der Waals surface area contributed by atoms with E-state index in [-0.39, 0.29) is 25.5 Å². The normalized spacial score (nSPS) is 9.94. The number of ether oxygens (including phenoxy) is 1. The number of aromatic nitrogens is 2. The molecule has 7 heteroatoms. The molecule has 3 N–H and O–H groups in total. The van der Waals surface area contributed by atoms with Gasteiger partial charge < -0.3 is 15.8 Å². The Hall–Kier alpha value is -2.05. The van der Waals surface area contributed by atoms with Gasteiger partial charge >= 0.3 is 5.97 Å². The Bertz CT molecular complexity index is 389. The highest BCUT2D eigenvalue weighted by Gasteiger charge is 2.06. The van der Waals surface area contributed by atoms with Crippen molar-refractivity contribution in [2.24, 2.45) is 0 Å². The van der Waals surface area contributed by atoms with Crippen molar-refractivity contribution in [1.82, 2.24) is 15.1 Å². The molecule has 0 spiro atoms. The van der Waals surface area contributed by atoms with Gasteiger partial charge in [-0.25, -0.2) is 0 Å². The predicted molar refractivity (Wildman–Crippen MR) is 60.9 cm³/mol. The molecule has 0 saturated carbocycles. The van der Waals surface area contributed by atoms with E-state index in [1.54, 1.807) is 0 Å². The molecule has 0 unspecified atom stereocenters. The third kappa shape index (κ3) is 5.01. The molecule has 0 bridgehead atoms. The van der Waals surface area contributed by atoms with Gasteiger partial charge in [0.2, 0.25) is 5.91 Å².